The number of aliphatic hydroxyl groups is 1. The highest BCUT2D eigenvalue weighted by Crippen LogP contribution is 2.21. The van der Waals surface area contributed by atoms with Crippen molar-refractivity contribution in [3.8, 4) is 5.75 Å². The fourth-order valence-electron chi connectivity index (χ4n) is 3.93. The zero-order chi connectivity index (χ0) is 23.9. The molecule has 4 rings (SSSR count). The van der Waals surface area contributed by atoms with Gasteiger partial charge in [0.15, 0.2) is 0 Å². The molecule has 3 aromatic rings. The monoisotopic (exact) mass is 482 g/mol. The summed E-state index contributed by atoms with van der Waals surface area (Å²) in [6.45, 7) is 3.61. The standard InChI is InChI=1S/C27H28ClFN2O3/c1-19-4-2-3-5-27(19)33-18-24(32)16-31(15-20-6-12-23(29)13-7-20)17-25-14-26(30-34-25)21-8-10-22(28)11-9-21/h2-13,24-25,32H,14-18H2,1H3/t24-,25+/m0/s1. The number of aryl methyl sites for hydroxylation is 1. The van der Waals surface area contributed by atoms with Crippen LogP contribution in [0.2, 0.25) is 5.02 Å². The van der Waals surface area contributed by atoms with Crippen molar-refractivity contribution in [2.45, 2.75) is 32.1 Å². The number of ether oxygens (including phenoxy) is 1. The maximum atomic E-state index is 13.4. The molecule has 34 heavy (non-hydrogen) atoms. The second-order valence-electron chi connectivity index (χ2n) is 8.53. The first-order chi connectivity index (χ1) is 16.5. The average molecular weight is 483 g/mol. The molecule has 2 atom stereocenters. The van der Waals surface area contributed by atoms with E-state index in [1.54, 1.807) is 12.1 Å². The molecule has 0 aromatic heterocycles. The number of nitrogens with zero attached hydrogens (tertiary/aromatic N) is 2. The molecule has 0 spiro atoms. The van der Waals surface area contributed by atoms with Crippen LogP contribution in [0.25, 0.3) is 0 Å². The largest absolute Gasteiger partial charge is 0.491 e. The number of hydrogen-bond donors (Lipinski definition) is 1. The highest BCUT2D eigenvalue weighted by atomic mass is 35.5. The minimum Gasteiger partial charge on any atom is -0.491 e. The van der Waals surface area contributed by atoms with E-state index in [1.807, 2.05) is 55.5 Å². The van der Waals surface area contributed by atoms with Gasteiger partial charge in [-0.25, -0.2) is 4.39 Å². The van der Waals surface area contributed by atoms with Gasteiger partial charge in [0.25, 0.3) is 0 Å². The Hall–Kier alpha value is -2.93. The van der Waals surface area contributed by atoms with E-state index in [0.717, 1.165) is 28.2 Å². The van der Waals surface area contributed by atoms with Gasteiger partial charge >= 0.3 is 0 Å². The summed E-state index contributed by atoms with van der Waals surface area (Å²) in [5.74, 6) is 0.480. The van der Waals surface area contributed by atoms with Crippen molar-refractivity contribution in [1.82, 2.24) is 4.90 Å². The minimum atomic E-state index is -0.710. The molecule has 0 aliphatic carbocycles. The SMILES string of the molecule is Cc1ccccc1OC[C@@H](O)CN(Cc1ccc(F)cc1)C[C@H]1CC(c2ccc(Cl)cc2)=NO1. The molecule has 0 bridgehead atoms. The van der Waals surface area contributed by atoms with Gasteiger partial charge < -0.3 is 14.7 Å². The van der Waals surface area contributed by atoms with E-state index in [9.17, 15) is 9.50 Å². The number of para-hydroxylation sites is 1. The van der Waals surface area contributed by atoms with Crippen LogP contribution in [0.15, 0.2) is 78.0 Å². The number of hydrogen-bond acceptors (Lipinski definition) is 5. The molecule has 0 saturated heterocycles. The predicted molar refractivity (Wildman–Crippen MR) is 132 cm³/mol. The van der Waals surface area contributed by atoms with E-state index in [1.165, 1.54) is 12.1 Å². The third kappa shape index (κ3) is 6.79. The molecule has 1 heterocycles. The first-order valence-corrected chi connectivity index (χ1v) is 11.7. The van der Waals surface area contributed by atoms with E-state index in [4.69, 9.17) is 21.2 Å². The predicted octanol–water partition coefficient (Wildman–Crippen LogP) is 5.22. The summed E-state index contributed by atoms with van der Waals surface area (Å²) in [7, 11) is 0. The highest BCUT2D eigenvalue weighted by molar-refractivity contribution is 6.30. The summed E-state index contributed by atoms with van der Waals surface area (Å²) in [5, 5.41) is 15.7. The van der Waals surface area contributed by atoms with Crippen LogP contribution >= 0.6 is 11.6 Å². The molecule has 5 nitrogen and oxygen atoms in total. The quantitative estimate of drug-likeness (QED) is 0.430. The zero-order valence-corrected chi connectivity index (χ0v) is 19.8. The Morgan fingerprint density at radius 2 is 1.85 bits per heavy atom. The van der Waals surface area contributed by atoms with Gasteiger partial charge in [-0.2, -0.15) is 0 Å². The van der Waals surface area contributed by atoms with Gasteiger partial charge in [-0.3, -0.25) is 4.90 Å². The van der Waals surface area contributed by atoms with E-state index in [2.05, 4.69) is 10.1 Å². The van der Waals surface area contributed by atoms with Crippen molar-refractivity contribution >= 4 is 17.3 Å². The third-order valence-corrected chi connectivity index (χ3v) is 5.94. The molecule has 0 unspecified atom stereocenters. The number of rotatable bonds is 10. The number of oxime groups is 1. The van der Waals surface area contributed by atoms with Crippen molar-refractivity contribution in [1.29, 1.82) is 0 Å². The maximum Gasteiger partial charge on any atom is 0.145 e. The van der Waals surface area contributed by atoms with Gasteiger partial charge in [0.05, 0.1) is 5.71 Å². The Kier molecular flexibility index (Phi) is 8.16. The molecular formula is C27H28ClFN2O3. The molecule has 0 amide bonds. The molecule has 1 aliphatic heterocycles. The lowest BCUT2D eigenvalue weighted by atomic mass is 10.0. The summed E-state index contributed by atoms with van der Waals surface area (Å²) in [6.07, 6.45) is -0.217. The van der Waals surface area contributed by atoms with Crippen molar-refractivity contribution in [2.75, 3.05) is 19.7 Å². The van der Waals surface area contributed by atoms with E-state index in [-0.39, 0.29) is 18.5 Å². The fraction of sp³-hybridized carbons (Fsp3) is 0.296. The Balaban J connectivity index is 1.38. The Bertz CT molecular complexity index is 1110. The van der Waals surface area contributed by atoms with E-state index < -0.39 is 6.10 Å². The van der Waals surface area contributed by atoms with Crippen LogP contribution in [-0.4, -0.2) is 47.6 Å². The highest BCUT2D eigenvalue weighted by Gasteiger charge is 2.26. The van der Waals surface area contributed by atoms with E-state index in [0.29, 0.717) is 31.1 Å². The van der Waals surface area contributed by atoms with Gasteiger partial charge in [0.1, 0.15) is 30.4 Å². The summed E-state index contributed by atoms with van der Waals surface area (Å²) in [5.41, 5.74) is 3.81. The Labute approximate surface area is 204 Å². The van der Waals surface area contributed by atoms with Gasteiger partial charge in [-0.1, -0.05) is 59.2 Å². The third-order valence-electron chi connectivity index (χ3n) is 5.69. The second kappa shape index (κ2) is 11.5. The first kappa shape index (κ1) is 24.2. The van der Waals surface area contributed by atoms with Crippen LogP contribution in [0.4, 0.5) is 4.39 Å². The van der Waals surface area contributed by atoms with Crippen LogP contribution in [0.1, 0.15) is 23.1 Å². The topological polar surface area (TPSA) is 54.3 Å². The summed E-state index contributed by atoms with van der Waals surface area (Å²) in [4.78, 5) is 7.79. The van der Waals surface area contributed by atoms with Gasteiger partial charge in [0.2, 0.25) is 0 Å². The lowest BCUT2D eigenvalue weighted by Gasteiger charge is -2.27. The molecule has 0 fully saturated rings. The van der Waals surface area contributed by atoms with Crippen molar-refractivity contribution in [3.63, 3.8) is 0 Å². The lowest BCUT2D eigenvalue weighted by Crippen LogP contribution is -2.39. The lowest BCUT2D eigenvalue weighted by molar-refractivity contribution is 0.0212. The zero-order valence-electron chi connectivity index (χ0n) is 19.0. The molecule has 1 aliphatic rings. The van der Waals surface area contributed by atoms with Gasteiger partial charge in [0, 0.05) is 31.1 Å². The van der Waals surface area contributed by atoms with E-state index >= 15 is 0 Å². The summed E-state index contributed by atoms with van der Waals surface area (Å²) < 4.78 is 19.2. The van der Waals surface area contributed by atoms with Gasteiger partial charge in [-0.15, -0.1) is 0 Å². The normalized spacial score (nSPS) is 16.3. The Morgan fingerprint density at radius 1 is 1.12 bits per heavy atom. The molecule has 3 aromatic carbocycles. The molecule has 178 valence electrons. The van der Waals surface area contributed by atoms with Crippen LogP contribution in [0, 0.1) is 12.7 Å². The van der Waals surface area contributed by atoms with Crippen LogP contribution in [0.3, 0.4) is 0 Å². The summed E-state index contributed by atoms with van der Waals surface area (Å²) >= 11 is 5.99. The smallest absolute Gasteiger partial charge is 0.145 e. The van der Waals surface area contributed by atoms with Crippen molar-refractivity contribution < 1.29 is 19.1 Å². The van der Waals surface area contributed by atoms with Crippen molar-refractivity contribution in [3.05, 3.63) is 100 Å². The number of benzene rings is 3. The molecular weight excluding hydrogens is 455 g/mol. The van der Waals surface area contributed by atoms with Crippen LogP contribution in [-0.2, 0) is 11.4 Å². The first-order valence-electron chi connectivity index (χ1n) is 11.3. The second-order valence-corrected chi connectivity index (χ2v) is 8.96. The fourth-order valence-corrected chi connectivity index (χ4v) is 4.06. The average Bonchev–Trinajstić information content (AvgIpc) is 3.29. The summed E-state index contributed by atoms with van der Waals surface area (Å²) in [6, 6.07) is 21.6. The number of aliphatic hydroxyl groups excluding tert-OH is 1. The van der Waals surface area contributed by atoms with Crippen LogP contribution in [0.5, 0.6) is 5.75 Å². The van der Waals surface area contributed by atoms with Gasteiger partial charge in [-0.05, 0) is 53.9 Å². The van der Waals surface area contributed by atoms with Crippen molar-refractivity contribution in [2.24, 2.45) is 5.16 Å². The number of halogens is 2. The van der Waals surface area contributed by atoms with Crippen LogP contribution < -0.4 is 4.74 Å². The molecule has 1 N–H and O–H groups in total. The Morgan fingerprint density at radius 3 is 2.59 bits per heavy atom. The molecule has 0 radical (unpaired) electrons. The maximum absolute atomic E-state index is 13.4. The minimum absolute atomic E-state index is 0.157. The molecule has 7 heteroatoms. The molecule has 0 saturated carbocycles.